The van der Waals surface area contributed by atoms with Crippen LogP contribution in [-0.2, 0) is 4.79 Å². The van der Waals surface area contributed by atoms with Crippen molar-refractivity contribution in [2.75, 3.05) is 12.3 Å². The molecule has 0 spiro atoms. The topological polar surface area (TPSA) is 49.3 Å². The van der Waals surface area contributed by atoms with E-state index in [4.69, 9.17) is 5.11 Å². The van der Waals surface area contributed by atoms with Crippen molar-refractivity contribution in [2.45, 2.75) is 17.9 Å². The van der Waals surface area contributed by atoms with Gasteiger partial charge in [0.15, 0.2) is 0 Å². The molecule has 0 aliphatic carbocycles. The second-order valence-corrected chi connectivity index (χ2v) is 4.43. The van der Waals surface area contributed by atoms with Gasteiger partial charge in [0.1, 0.15) is 11.9 Å². The van der Waals surface area contributed by atoms with Crippen molar-refractivity contribution >= 4 is 17.7 Å². The Morgan fingerprint density at radius 3 is 2.88 bits per heavy atom. The number of thioether (sulfide) groups is 1. The van der Waals surface area contributed by atoms with E-state index in [-0.39, 0.29) is 5.82 Å². The summed E-state index contributed by atoms with van der Waals surface area (Å²) in [6.07, 6.45) is 0. The minimum atomic E-state index is -0.879. The van der Waals surface area contributed by atoms with Crippen LogP contribution in [0.2, 0.25) is 0 Å². The number of carboxylic acids is 1. The highest BCUT2D eigenvalue weighted by molar-refractivity contribution is 7.99. The summed E-state index contributed by atoms with van der Waals surface area (Å²) in [5, 5.41) is 11.4. The number of hydrogen-bond acceptors (Lipinski definition) is 3. The van der Waals surface area contributed by atoms with Crippen LogP contribution in [0.1, 0.15) is 6.92 Å². The zero-order chi connectivity index (χ0) is 12.0. The maximum atomic E-state index is 13.2. The molecule has 1 atom stereocenters. The van der Waals surface area contributed by atoms with Crippen LogP contribution >= 0.6 is 11.8 Å². The molecular weight excluding hydrogens is 229 g/mol. The van der Waals surface area contributed by atoms with Crippen molar-refractivity contribution in [3.63, 3.8) is 0 Å². The lowest BCUT2D eigenvalue weighted by Gasteiger charge is -2.08. The van der Waals surface area contributed by atoms with E-state index in [1.54, 1.807) is 25.1 Å². The number of halogens is 1. The molecule has 0 saturated heterocycles. The number of nitrogens with one attached hydrogen (secondary N) is 1. The zero-order valence-electron chi connectivity index (χ0n) is 8.94. The smallest absolute Gasteiger partial charge is 0.320 e. The number of benzene rings is 1. The largest absolute Gasteiger partial charge is 0.480 e. The zero-order valence-corrected chi connectivity index (χ0v) is 9.76. The first-order valence-corrected chi connectivity index (χ1v) is 5.93. The summed E-state index contributed by atoms with van der Waals surface area (Å²) in [6, 6.07) is 5.97. The van der Waals surface area contributed by atoms with Crippen LogP contribution in [-0.4, -0.2) is 29.4 Å². The monoisotopic (exact) mass is 243 g/mol. The van der Waals surface area contributed by atoms with Crippen LogP contribution in [0.5, 0.6) is 0 Å². The number of hydrogen-bond donors (Lipinski definition) is 2. The molecule has 0 unspecified atom stereocenters. The predicted octanol–water partition coefficient (Wildman–Crippen LogP) is 1.98. The number of aliphatic carboxylic acids is 1. The molecule has 1 rings (SSSR count). The van der Waals surface area contributed by atoms with E-state index >= 15 is 0 Å². The fraction of sp³-hybridized carbons (Fsp3) is 0.364. The van der Waals surface area contributed by atoms with Crippen molar-refractivity contribution in [1.82, 2.24) is 5.32 Å². The molecular formula is C11H14FNO2S. The van der Waals surface area contributed by atoms with Crippen LogP contribution in [0.3, 0.4) is 0 Å². The quantitative estimate of drug-likeness (QED) is 0.592. The van der Waals surface area contributed by atoms with E-state index in [1.165, 1.54) is 17.8 Å². The van der Waals surface area contributed by atoms with E-state index < -0.39 is 12.0 Å². The molecule has 0 aromatic heterocycles. The Hall–Kier alpha value is -1.07. The molecule has 1 aromatic rings. The molecule has 0 aliphatic rings. The third kappa shape index (κ3) is 4.20. The molecule has 0 saturated carbocycles. The van der Waals surface area contributed by atoms with E-state index in [1.807, 2.05) is 0 Å². The van der Waals surface area contributed by atoms with Gasteiger partial charge < -0.3 is 10.4 Å². The highest BCUT2D eigenvalue weighted by Crippen LogP contribution is 2.20. The molecule has 2 N–H and O–H groups in total. The van der Waals surface area contributed by atoms with Gasteiger partial charge in [-0.15, -0.1) is 11.8 Å². The normalized spacial score (nSPS) is 12.4. The maximum absolute atomic E-state index is 13.2. The van der Waals surface area contributed by atoms with Crippen LogP contribution < -0.4 is 5.32 Å². The maximum Gasteiger partial charge on any atom is 0.320 e. The molecule has 3 nitrogen and oxygen atoms in total. The lowest BCUT2D eigenvalue weighted by Crippen LogP contribution is -2.35. The molecule has 88 valence electrons. The van der Waals surface area contributed by atoms with Crippen LogP contribution in [0, 0.1) is 5.82 Å². The van der Waals surface area contributed by atoms with E-state index in [0.717, 1.165) is 0 Å². The Morgan fingerprint density at radius 2 is 2.25 bits per heavy atom. The third-order valence-corrected chi connectivity index (χ3v) is 3.07. The van der Waals surface area contributed by atoms with Gasteiger partial charge in [-0.05, 0) is 19.1 Å². The van der Waals surface area contributed by atoms with Crippen molar-refractivity contribution in [1.29, 1.82) is 0 Å². The molecule has 0 aliphatic heterocycles. The average Bonchev–Trinajstić information content (AvgIpc) is 2.26. The SMILES string of the molecule is C[C@@H](NCCSc1ccccc1F)C(=O)O. The van der Waals surface area contributed by atoms with Crippen molar-refractivity contribution in [3.8, 4) is 0 Å². The lowest BCUT2D eigenvalue weighted by atomic mass is 10.3. The van der Waals surface area contributed by atoms with Gasteiger partial charge in [0.05, 0.1) is 0 Å². The highest BCUT2D eigenvalue weighted by atomic mass is 32.2. The second kappa shape index (κ2) is 6.50. The molecule has 1 aromatic carbocycles. The Bertz CT molecular complexity index is 360. The van der Waals surface area contributed by atoms with Crippen LogP contribution in [0.25, 0.3) is 0 Å². The van der Waals surface area contributed by atoms with Crippen molar-refractivity contribution in [3.05, 3.63) is 30.1 Å². The summed E-state index contributed by atoms with van der Waals surface area (Å²) < 4.78 is 13.2. The molecule has 0 bridgehead atoms. The summed E-state index contributed by atoms with van der Waals surface area (Å²) in [5.74, 6) is -0.479. The molecule has 0 amide bonds. The first-order valence-electron chi connectivity index (χ1n) is 4.95. The fourth-order valence-electron chi connectivity index (χ4n) is 1.09. The first kappa shape index (κ1) is 13.0. The van der Waals surface area contributed by atoms with E-state index in [0.29, 0.717) is 17.2 Å². The van der Waals surface area contributed by atoms with Gasteiger partial charge in [0.2, 0.25) is 0 Å². The fourth-order valence-corrected chi connectivity index (χ4v) is 1.91. The van der Waals surface area contributed by atoms with Gasteiger partial charge in [-0.3, -0.25) is 4.79 Å². The van der Waals surface area contributed by atoms with Crippen LogP contribution in [0.15, 0.2) is 29.2 Å². The highest BCUT2D eigenvalue weighted by Gasteiger charge is 2.08. The predicted molar refractivity (Wildman–Crippen MR) is 62.2 cm³/mol. The minimum absolute atomic E-state index is 0.237. The minimum Gasteiger partial charge on any atom is -0.480 e. The second-order valence-electron chi connectivity index (χ2n) is 3.29. The molecule has 16 heavy (non-hydrogen) atoms. The number of rotatable bonds is 6. The number of carbonyl (C=O) groups is 1. The van der Waals surface area contributed by atoms with Crippen molar-refractivity contribution < 1.29 is 14.3 Å². The average molecular weight is 243 g/mol. The van der Waals surface area contributed by atoms with Gasteiger partial charge in [0.25, 0.3) is 0 Å². The van der Waals surface area contributed by atoms with Crippen LogP contribution in [0.4, 0.5) is 4.39 Å². The Balaban J connectivity index is 2.26. The first-order chi connectivity index (χ1) is 7.61. The Morgan fingerprint density at radius 1 is 1.56 bits per heavy atom. The van der Waals surface area contributed by atoms with Gasteiger partial charge in [-0.25, -0.2) is 4.39 Å². The molecule has 0 heterocycles. The summed E-state index contributed by atoms with van der Waals surface area (Å²) >= 11 is 1.37. The summed E-state index contributed by atoms with van der Waals surface area (Å²) in [5.41, 5.74) is 0. The third-order valence-electron chi connectivity index (χ3n) is 2.02. The molecule has 0 fully saturated rings. The standard InChI is InChI=1S/C11H14FNO2S/c1-8(11(14)15)13-6-7-16-10-5-3-2-4-9(10)12/h2-5,8,13H,6-7H2,1H3,(H,14,15)/t8-/m1/s1. The van der Waals surface area contributed by atoms with Gasteiger partial charge in [-0.2, -0.15) is 0 Å². The van der Waals surface area contributed by atoms with Gasteiger partial charge in [-0.1, -0.05) is 12.1 Å². The molecule has 5 heteroatoms. The summed E-state index contributed by atoms with van der Waals surface area (Å²) in [4.78, 5) is 11.1. The van der Waals surface area contributed by atoms with E-state index in [9.17, 15) is 9.18 Å². The van der Waals surface area contributed by atoms with E-state index in [2.05, 4.69) is 5.32 Å². The summed E-state index contributed by atoms with van der Waals surface area (Å²) in [7, 11) is 0. The van der Waals surface area contributed by atoms with Gasteiger partial charge >= 0.3 is 5.97 Å². The molecule has 0 radical (unpaired) electrons. The Labute approximate surface area is 98.1 Å². The van der Waals surface area contributed by atoms with Crippen molar-refractivity contribution in [2.24, 2.45) is 0 Å². The lowest BCUT2D eigenvalue weighted by molar-refractivity contribution is -0.138. The van der Waals surface area contributed by atoms with Gasteiger partial charge in [0, 0.05) is 17.2 Å². The summed E-state index contributed by atoms with van der Waals surface area (Å²) in [6.45, 7) is 2.11. The number of carboxylic acid groups (broad SMARTS) is 1. The Kier molecular flexibility index (Phi) is 5.28.